The van der Waals surface area contributed by atoms with Crippen LogP contribution in [0.1, 0.15) is 30.0 Å². The van der Waals surface area contributed by atoms with Crippen LogP contribution in [0.15, 0.2) is 52.5 Å². The molecule has 0 saturated heterocycles. The van der Waals surface area contributed by atoms with Gasteiger partial charge in [0.2, 0.25) is 0 Å². The zero-order valence-electron chi connectivity index (χ0n) is 18.8. The topological polar surface area (TPSA) is 83.1 Å². The molecular formula is C24H21ClF3N5OS. The van der Waals surface area contributed by atoms with E-state index in [4.69, 9.17) is 17.0 Å². The van der Waals surface area contributed by atoms with E-state index < -0.39 is 17.6 Å². The molecule has 35 heavy (non-hydrogen) atoms. The highest BCUT2D eigenvalue weighted by Gasteiger charge is 2.33. The molecule has 0 saturated carbocycles. The minimum absolute atomic E-state index is 0.0159. The Labute approximate surface area is 208 Å². The lowest BCUT2D eigenvalue weighted by molar-refractivity contribution is -0.138. The van der Waals surface area contributed by atoms with Gasteiger partial charge in [-0.1, -0.05) is 35.5 Å². The van der Waals surface area contributed by atoms with Gasteiger partial charge in [-0.05, 0) is 55.4 Å². The van der Waals surface area contributed by atoms with Crippen LogP contribution in [0.5, 0.6) is 0 Å². The summed E-state index contributed by atoms with van der Waals surface area (Å²) < 4.78 is 41.9. The van der Waals surface area contributed by atoms with Crippen molar-refractivity contribution in [3.8, 4) is 0 Å². The fourth-order valence-electron chi connectivity index (χ4n) is 3.62. The average molecular weight is 520 g/mol. The minimum atomic E-state index is -4.53. The van der Waals surface area contributed by atoms with Crippen LogP contribution in [0.25, 0.3) is 17.0 Å². The first kappa shape index (κ1) is 25.2. The fourth-order valence-corrected chi connectivity index (χ4v) is 4.66. The highest BCUT2D eigenvalue weighted by molar-refractivity contribution is 8.20. The summed E-state index contributed by atoms with van der Waals surface area (Å²) in [4.78, 5) is 16.8. The molecule has 3 aromatic rings. The van der Waals surface area contributed by atoms with Crippen LogP contribution in [-0.4, -0.2) is 39.5 Å². The highest BCUT2D eigenvalue weighted by Crippen LogP contribution is 2.35. The van der Waals surface area contributed by atoms with Gasteiger partial charge in [0.25, 0.3) is 5.91 Å². The van der Waals surface area contributed by atoms with E-state index in [1.54, 1.807) is 37.5 Å². The van der Waals surface area contributed by atoms with Crippen LogP contribution >= 0.6 is 23.4 Å². The number of alkyl halides is 3. The molecule has 0 radical (unpaired) electrons. The van der Waals surface area contributed by atoms with Crippen molar-refractivity contribution >= 4 is 57.0 Å². The number of carbonyl (C=O) groups is 1. The van der Waals surface area contributed by atoms with Crippen LogP contribution < -0.4 is 5.32 Å². The van der Waals surface area contributed by atoms with Gasteiger partial charge in [-0.15, -0.1) is 0 Å². The maximum atomic E-state index is 13.5. The van der Waals surface area contributed by atoms with Gasteiger partial charge in [-0.3, -0.25) is 9.48 Å². The summed E-state index contributed by atoms with van der Waals surface area (Å²) in [6.45, 7) is 1.87. The molecule has 0 aliphatic carbocycles. The van der Waals surface area contributed by atoms with Crippen molar-refractivity contribution in [3.05, 3.63) is 69.2 Å². The number of aliphatic imine (C=N–C) groups is 1. The summed E-state index contributed by atoms with van der Waals surface area (Å²) in [5.41, 5.74) is 0.941. The van der Waals surface area contributed by atoms with Gasteiger partial charge in [-0.2, -0.15) is 23.3 Å². The number of rotatable bonds is 7. The Morgan fingerprint density at radius 2 is 2.06 bits per heavy atom. The van der Waals surface area contributed by atoms with Crippen LogP contribution in [0.3, 0.4) is 0 Å². The molecule has 182 valence electrons. The monoisotopic (exact) mass is 519 g/mol. The number of carbonyl (C=O) groups excluding carboxylic acids is 1. The summed E-state index contributed by atoms with van der Waals surface area (Å²) >= 11 is 6.94. The Hall–Kier alpha value is -2.95. The van der Waals surface area contributed by atoms with E-state index in [0.717, 1.165) is 23.4 Å². The normalized spacial score (nSPS) is 16.2. The molecule has 0 bridgehead atoms. The lowest BCUT2D eigenvalue weighted by Crippen LogP contribution is -2.26. The number of benzene rings is 2. The van der Waals surface area contributed by atoms with E-state index in [1.165, 1.54) is 16.8 Å². The first-order valence-electron chi connectivity index (χ1n) is 10.6. The summed E-state index contributed by atoms with van der Waals surface area (Å²) in [7, 11) is 1.81. The first-order chi connectivity index (χ1) is 16.5. The summed E-state index contributed by atoms with van der Waals surface area (Å²) in [6.07, 6.45) is -0.814. The molecule has 2 aromatic carbocycles. The van der Waals surface area contributed by atoms with E-state index in [9.17, 15) is 18.0 Å². The number of thioether (sulfide) groups is 1. The van der Waals surface area contributed by atoms with Crippen LogP contribution in [0, 0.1) is 5.41 Å². The van der Waals surface area contributed by atoms with Gasteiger partial charge in [-0.25, -0.2) is 0 Å². The van der Waals surface area contributed by atoms with Gasteiger partial charge in [0.05, 0.1) is 34.4 Å². The maximum absolute atomic E-state index is 13.5. The molecule has 1 aromatic heterocycles. The van der Waals surface area contributed by atoms with Crippen molar-refractivity contribution in [2.45, 2.75) is 32.1 Å². The summed E-state index contributed by atoms with van der Waals surface area (Å²) in [6, 6.07) is 9.10. The third-order valence-electron chi connectivity index (χ3n) is 5.54. The molecule has 6 nitrogen and oxygen atoms in total. The van der Waals surface area contributed by atoms with E-state index in [1.807, 2.05) is 6.92 Å². The third-order valence-corrected chi connectivity index (χ3v) is 6.82. The first-order valence-corrected chi connectivity index (χ1v) is 11.8. The lowest BCUT2D eigenvalue weighted by Gasteiger charge is -2.14. The van der Waals surface area contributed by atoms with Gasteiger partial charge >= 0.3 is 6.18 Å². The van der Waals surface area contributed by atoms with E-state index in [0.29, 0.717) is 33.0 Å². The molecule has 0 fully saturated rings. The third kappa shape index (κ3) is 5.66. The number of hydrogen-bond acceptors (Lipinski definition) is 5. The van der Waals surface area contributed by atoms with Crippen LogP contribution in [0.2, 0.25) is 5.02 Å². The Morgan fingerprint density at radius 1 is 1.29 bits per heavy atom. The molecule has 11 heteroatoms. The largest absolute Gasteiger partial charge is 0.416 e. The predicted octanol–water partition coefficient (Wildman–Crippen LogP) is 5.79. The van der Waals surface area contributed by atoms with Gasteiger partial charge in [0.15, 0.2) is 0 Å². The van der Waals surface area contributed by atoms with Crippen molar-refractivity contribution in [3.63, 3.8) is 0 Å². The number of nitrogens with zero attached hydrogens (tertiary/aromatic N) is 3. The second-order valence-corrected chi connectivity index (χ2v) is 9.59. The quantitative estimate of drug-likeness (QED) is 0.306. The summed E-state index contributed by atoms with van der Waals surface area (Å²) in [5.74, 6) is -0.398. The van der Waals surface area contributed by atoms with Gasteiger partial charge in [0, 0.05) is 22.9 Å². The Bertz CT molecular complexity index is 1380. The number of halogens is 4. The zero-order valence-corrected chi connectivity index (χ0v) is 20.4. The minimum Gasteiger partial charge on any atom is -0.317 e. The average Bonchev–Trinajstić information content (AvgIpc) is 3.37. The van der Waals surface area contributed by atoms with E-state index in [2.05, 4.69) is 15.4 Å². The smallest absolute Gasteiger partial charge is 0.317 e. The zero-order chi connectivity index (χ0) is 25.3. The Morgan fingerprint density at radius 3 is 2.77 bits per heavy atom. The Kier molecular flexibility index (Phi) is 7.16. The molecule has 1 aliphatic heterocycles. The van der Waals surface area contributed by atoms with Crippen molar-refractivity contribution in [2.24, 2.45) is 4.99 Å². The lowest BCUT2D eigenvalue weighted by atomic mass is 10.1. The number of aromatic nitrogens is 2. The van der Waals surface area contributed by atoms with E-state index >= 15 is 0 Å². The Balaban J connectivity index is 1.55. The van der Waals surface area contributed by atoms with Gasteiger partial charge < -0.3 is 10.7 Å². The molecule has 0 spiro atoms. The van der Waals surface area contributed by atoms with Gasteiger partial charge in [0.1, 0.15) is 5.04 Å². The van der Waals surface area contributed by atoms with E-state index in [-0.39, 0.29) is 23.2 Å². The second kappa shape index (κ2) is 9.96. The fraction of sp³-hybridized carbons (Fsp3) is 0.250. The second-order valence-electron chi connectivity index (χ2n) is 8.12. The maximum Gasteiger partial charge on any atom is 0.416 e. The van der Waals surface area contributed by atoms with Crippen molar-refractivity contribution in [1.82, 2.24) is 15.1 Å². The molecule has 2 N–H and O–H groups in total. The number of fused-ring (bicyclic) bond motifs is 1. The number of hydrogen-bond donors (Lipinski definition) is 2. The van der Waals surface area contributed by atoms with Crippen molar-refractivity contribution in [1.29, 1.82) is 5.41 Å². The molecule has 4 rings (SSSR count). The number of amides is 1. The predicted molar refractivity (Wildman–Crippen MR) is 134 cm³/mol. The van der Waals surface area contributed by atoms with Crippen LogP contribution in [0.4, 0.5) is 13.2 Å². The summed E-state index contributed by atoms with van der Waals surface area (Å²) in [5, 5.41) is 16.6. The van der Waals surface area contributed by atoms with Crippen LogP contribution in [-0.2, 0) is 17.5 Å². The molecule has 1 amide bonds. The molecule has 2 heterocycles. The SMILES string of the molecule is CNC(C)CC(=N)C1=NC(=O)C(=Cc2ccc3c(cnn3Cc3ccc(Cl)cc3C(F)(F)F)c2)S1. The molecule has 1 unspecified atom stereocenters. The van der Waals surface area contributed by atoms with Crippen molar-refractivity contribution < 1.29 is 18.0 Å². The molecular weight excluding hydrogens is 499 g/mol. The van der Waals surface area contributed by atoms with Crippen molar-refractivity contribution in [2.75, 3.05) is 7.05 Å². The number of nitrogens with one attached hydrogen (secondary N) is 2. The molecule has 1 aliphatic rings. The highest BCUT2D eigenvalue weighted by atomic mass is 35.5. The standard InChI is InChI=1S/C24H21ClF3N5OS/c1-13(30-2)7-19(29)23-32-22(34)21(35-23)9-14-3-6-20-16(8-14)11-31-33(20)12-15-4-5-17(25)10-18(15)24(26,27)28/h3-6,8-11,13,29-30H,7,12H2,1-2H3. The molecule has 1 atom stereocenters.